The van der Waals surface area contributed by atoms with Gasteiger partial charge in [0.05, 0.1) is 14.2 Å². The van der Waals surface area contributed by atoms with Gasteiger partial charge in [0.15, 0.2) is 11.0 Å². The summed E-state index contributed by atoms with van der Waals surface area (Å²) in [7, 11) is 3.01. The quantitative estimate of drug-likeness (QED) is 0.602. The van der Waals surface area contributed by atoms with Crippen LogP contribution >= 0.6 is 11.8 Å². The van der Waals surface area contributed by atoms with Crippen LogP contribution in [0.3, 0.4) is 0 Å². The van der Waals surface area contributed by atoms with E-state index in [0.29, 0.717) is 11.7 Å². The van der Waals surface area contributed by atoms with Crippen molar-refractivity contribution in [1.82, 2.24) is 14.8 Å². The fraction of sp³-hybridized carbons (Fsp3) is 0.400. The van der Waals surface area contributed by atoms with E-state index in [4.69, 9.17) is 9.47 Å². The molecule has 2 aromatic rings. The van der Waals surface area contributed by atoms with E-state index in [0.717, 1.165) is 17.1 Å². The number of carbonyl (C=O) groups is 1. The van der Waals surface area contributed by atoms with Crippen LogP contribution in [0.4, 0.5) is 0 Å². The number of benzene rings is 1. The minimum Gasteiger partial charge on any atom is -0.497 e. The summed E-state index contributed by atoms with van der Waals surface area (Å²) >= 11 is 1.34. The van der Waals surface area contributed by atoms with E-state index in [1.165, 1.54) is 18.9 Å². The average molecular weight is 321 g/mol. The zero-order valence-corrected chi connectivity index (χ0v) is 13.9. The summed E-state index contributed by atoms with van der Waals surface area (Å²) in [5.74, 6) is 1.28. The van der Waals surface area contributed by atoms with Crippen LogP contribution in [0.1, 0.15) is 13.8 Å². The summed E-state index contributed by atoms with van der Waals surface area (Å²) in [6.45, 7) is 4.52. The monoisotopic (exact) mass is 321 g/mol. The molecule has 0 aliphatic heterocycles. The van der Waals surface area contributed by atoms with Gasteiger partial charge < -0.3 is 14.0 Å². The minimum atomic E-state index is -0.330. The van der Waals surface area contributed by atoms with Gasteiger partial charge in [0.2, 0.25) is 0 Å². The van der Waals surface area contributed by atoms with Gasteiger partial charge in [-0.3, -0.25) is 4.79 Å². The molecule has 7 heteroatoms. The summed E-state index contributed by atoms with van der Waals surface area (Å²) in [6.07, 6.45) is 0. The molecule has 0 aliphatic carbocycles. The highest BCUT2D eigenvalue weighted by atomic mass is 32.2. The molecule has 0 saturated carbocycles. The summed E-state index contributed by atoms with van der Waals surface area (Å²) in [6, 6.07) is 7.64. The Morgan fingerprint density at radius 2 is 1.95 bits per heavy atom. The maximum absolute atomic E-state index is 11.5. The number of esters is 1. The summed E-state index contributed by atoms with van der Waals surface area (Å²) in [5, 5.41) is 8.82. The third kappa shape index (κ3) is 3.41. The number of rotatable bonds is 6. The van der Waals surface area contributed by atoms with Gasteiger partial charge in [0, 0.05) is 12.1 Å². The lowest BCUT2D eigenvalue weighted by atomic mass is 10.2. The van der Waals surface area contributed by atoms with Gasteiger partial charge >= 0.3 is 5.97 Å². The molecule has 1 aromatic heterocycles. The molecule has 1 aromatic carbocycles. The highest BCUT2D eigenvalue weighted by Crippen LogP contribution is 2.28. The SMILES string of the molecule is CCn1c(S[C@H](C)C(=O)OC)nnc1-c1ccc(OC)cc1. The molecule has 2 rings (SSSR count). The standard InChI is InChI=1S/C15H19N3O3S/c1-5-18-13(11-6-8-12(20-3)9-7-11)16-17-15(18)22-10(2)14(19)21-4/h6-10H,5H2,1-4H3/t10-/m1/s1. The lowest BCUT2D eigenvalue weighted by Crippen LogP contribution is -2.15. The molecule has 0 bridgehead atoms. The van der Waals surface area contributed by atoms with Crippen LogP contribution in [0, 0.1) is 0 Å². The van der Waals surface area contributed by atoms with Crippen LogP contribution in [0.25, 0.3) is 11.4 Å². The number of thioether (sulfide) groups is 1. The van der Waals surface area contributed by atoms with E-state index in [9.17, 15) is 4.79 Å². The van der Waals surface area contributed by atoms with Gasteiger partial charge in [-0.2, -0.15) is 0 Å². The smallest absolute Gasteiger partial charge is 0.318 e. The first kappa shape index (κ1) is 16.4. The normalized spacial score (nSPS) is 12.0. The number of hydrogen-bond donors (Lipinski definition) is 0. The molecule has 1 heterocycles. The Morgan fingerprint density at radius 1 is 1.27 bits per heavy atom. The predicted octanol–water partition coefficient (Wildman–Crippen LogP) is 2.63. The Morgan fingerprint density at radius 3 is 2.50 bits per heavy atom. The second-order valence-corrected chi connectivity index (χ2v) is 5.87. The van der Waals surface area contributed by atoms with E-state index in [2.05, 4.69) is 10.2 Å². The summed E-state index contributed by atoms with van der Waals surface area (Å²) in [5.41, 5.74) is 0.952. The summed E-state index contributed by atoms with van der Waals surface area (Å²) in [4.78, 5) is 11.5. The van der Waals surface area contributed by atoms with Crippen LogP contribution in [-0.4, -0.2) is 40.2 Å². The molecule has 0 fully saturated rings. The first-order valence-corrected chi connectivity index (χ1v) is 7.80. The van der Waals surface area contributed by atoms with E-state index < -0.39 is 0 Å². The zero-order valence-electron chi connectivity index (χ0n) is 13.1. The van der Waals surface area contributed by atoms with E-state index in [1.807, 2.05) is 35.8 Å². The molecule has 0 unspecified atom stereocenters. The highest BCUT2D eigenvalue weighted by Gasteiger charge is 2.20. The van der Waals surface area contributed by atoms with Gasteiger partial charge in [-0.1, -0.05) is 11.8 Å². The van der Waals surface area contributed by atoms with Crippen molar-refractivity contribution in [2.75, 3.05) is 14.2 Å². The van der Waals surface area contributed by atoms with Crippen molar-refractivity contribution in [3.8, 4) is 17.1 Å². The topological polar surface area (TPSA) is 66.2 Å². The lowest BCUT2D eigenvalue weighted by Gasteiger charge is -2.10. The molecule has 0 spiro atoms. The molecule has 0 aliphatic rings. The van der Waals surface area contributed by atoms with Crippen LogP contribution in [0.15, 0.2) is 29.4 Å². The van der Waals surface area contributed by atoms with Crippen molar-refractivity contribution in [2.24, 2.45) is 0 Å². The van der Waals surface area contributed by atoms with Crippen molar-refractivity contribution in [3.05, 3.63) is 24.3 Å². The fourth-order valence-electron chi connectivity index (χ4n) is 1.99. The Balaban J connectivity index is 2.28. The Bertz CT molecular complexity index is 640. The molecule has 22 heavy (non-hydrogen) atoms. The molecule has 0 amide bonds. The van der Waals surface area contributed by atoms with Crippen molar-refractivity contribution in [3.63, 3.8) is 0 Å². The molecule has 118 valence electrons. The van der Waals surface area contributed by atoms with E-state index in [1.54, 1.807) is 14.0 Å². The second-order valence-electron chi connectivity index (χ2n) is 4.56. The van der Waals surface area contributed by atoms with Gasteiger partial charge in [-0.05, 0) is 38.1 Å². The molecule has 0 radical (unpaired) electrons. The van der Waals surface area contributed by atoms with Crippen molar-refractivity contribution < 1.29 is 14.3 Å². The molecule has 6 nitrogen and oxygen atoms in total. The predicted molar refractivity (Wildman–Crippen MR) is 85.0 cm³/mol. The van der Waals surface area contributed by atoms with Gasteiger partial charge in [0.1, 0.15) is 11.0 Å². The van der Waals surface area contributed by atoms with Crippen LogP contribution in [-0.2, 0) is 16.1 Å². The summed E-state index contributed by atoms with van der Waals surface area (Å²) < 4.78 is 11.9. The lowest BCUT2D eigenvalue weighted by molar-refractivity contribution is -0.139. The largest absolute Gasteiger partial charge is 0.497 e. The minimum absolute atomic E-state index is 0.276. The molecular weight excluding hydrogens is 302 g/mol. The maximum atomic E-state index is 11.5. The van der Waals surface area contributed by atoms with Crippen molar-refractivity contribution in [1.29, 1.82) is 0 Å². The van der Waals surface area contributed by atoms with Crippen LogP contribution in [0.5, 0.6) is 5.75 Å². The second kappa shape index (κ2) is 7.31. The number of ether oxygens (including phenoxy) is 2. The molecule has 1 atom stereocenters. The van der Waals surface area contributed by atoms with Crippen molar-refractivity contribution in [2.45, 2.75) is 30.8 Å². The maximum Gasteiger partial charge on any atom is 0.318 e. The van der Waals surface area contributed by atoms with Crippen LogP contribution in [0.2, 0.25) is 0 Å². The van der Waals surface area contributed by atoms with E-state index >= 15 is 0 Å². The third-order valence-electron chi connectivity index (χ3n) is 3.20. The average Bonchev–Trinajstić information content (AvgIpc) is 2.96. The van der Waals surface area contributed by atoms with Gasteiger partial charge in [0.25, 0.3) is 0 Å². The number of carbonyl (C=O) groups excluding carboxylic acids is 1. The third-order valence-corrected chi connectivity index (χ3v) is 4.26. The number of methoxy groups -OCH3 is 2. The van der Waals surface area contributed by atoms with Crippen LogP contribution < -0.4 is 4.74 Å². The number of nitrogens with zero attached hydrogens (tertiary/aromatic N) is 3. The van der Waals surface area contributed by atoms with Crippen molar-refractivity contribution >= 4 is 17.7 Å². The first-order valence-electron chi connectivity index (χ1n) is 6.92. The Hall–Kier alpha value is -2.02. The molecular formula is C15H19N3O3S. The fourth-order valence-corrected chi connectivity index (χ4v) is 2.93. The van der Waals surface area contributed by atoms with E-state index in [-0.39, 0.29) is 11.2 Å². The van der Waals surface area contributed by atoms with Gasteiger partial charge in [-0.15, -0.1) is 10.2 Å². The zero-order chi connectivity index (χ0) is 16.1. The first-order chi connectivity index (χ1) is 10.6. The highest BCUT2D eigenvalue weighted by molar-refractivity contribution is 8.00. The Kier molecular flexibility index (Phi) is 5.43. The number of aromatic nitrogens is 3. The molecule has 0 N–H and O–H groups in total. The number of hydrogen-bond acceptors (Lipinski definition) is 6. The van der Waals surface area contributed by atoms with Gasteiger partial charge in [-0.25, -0.2) is 0 Å². The molecule has 0 saturated heterocycles. The Labute approximate surface area is 133 Å².